The Morgan fingerprint density at radius 1 is 1.17 bits per heavy atom. The molecule has 0 amide bonds. The molecule has 0 aliphatic carbocycles. The Bertz CT molecular complexity index is 923. The Hall–Kier alpha value is -2.72. The van der Waals surface area contributed by atoms with E-state index in [0.717, 1.165) is 11.1 Å². The van der Waals surface area contributed by atoms with Crippen molar-refractivity contribution in [3.8, 4) is 5.75 Å². The molecule has 0 radical (unpaired) electrons. The highest BCUT2D eigenvalue weighted by Gasteiger charge is 2.49. The third kappa shape index (κ3) is 3.32. The van der Waals surface area contributed by atoms with Crippen molar-refractivity contribution >= 4 is 5.84 Å². The summed E-state index contributed by atoms with van der Waals surface area (Å²) in [7, 11) is 0. The van der Waals surface area contributed by atoms with Crippen molar-refractivity contribution in [1.82, 2.24) is 4.90 Å². The molecule has 3 aliphatic heterocycles. The zero-order chi connectivity index (χ0) is 21.0. The second-order valence-electron chi connectivity index (χ2n) is 6.69. The molecule has 1 aromatic rings. The minimum Gasteiger partial charge on any atom is -0.493 e. The van der Waals surface area contributed by atoms with Crippen LogP contribution in [0.1, 0.15) is 24.0 Å². The standard InChI is InChI=1S/C18H13F7N2O2/c19-14(20)10-2-1-3-11-13(10)28-5-4-17(11)8-27-7-9(18(23,24)25)6-12(15(27)26-17)29-16(21)22/h1-3,6-7,14,16H,4-5,8H2/t17-/m1/s1. The zero-order valence-electron chi connectivity index (χ0n) is 14.5. The van der Waals surface area contributed by atoms with E-state index in [0.29, 0.717) is 6.08 Å². The summed E-state index contributed by atoms with van der Waals surface area (Å²) in [4.78, 5) is 5.43. The number of nitrogens with zero attached hydrogens (tertiary/aromatic N) is 2. The number of hydrogen-bond acceptors (Lipinski definition) is 4. The number of halogens is 7. The van der Waals surface area contributed by atoms with E-state index in [2.05, 4.69) is 9.73 Å². The minimum atomic E-state index is -4.80. The van der Waals surface area contributed by atoms with Gasteiger partial charge in [-0.25, -0.2) is 8.78 Å². The molecule has 0 bridgehead atoms. The molecule has 3 heterocycles. The van der Waals surface area contributed by atoms with E-state index >= 15 is 0 Å². The van der Waals surface area contributed by atoms with Gasteiger partial charge in [0.25, 0.3) is 6.43 Å². The molecule has 0 saturated carbocycles. The number of para-hydroxylation sites is 1. The van der Waals surface area contributed by atoms with Gasteiger partial charge in [-0.3, -0.25) is 4.99 Å². The summed E-state index contributed by atoms with van der Waals surface area (Å²) in [5.41, 5.74) is -2.51. The third-order valence-corrected chi connectivity index (χ3v) is 4.91. The second kappa shape index (κ2) is 6.67. The van der Waals surface area contributed by atoms with Crippen LogP contribution in [0.2, 0.25) is 0 Å². The summed E-state index contributed by atoms with van der Waals surface area (Å²) in [6, 6.07) is 4.05. The average Bonchev–Trinajstić information content (AvgIpc) is 2.99. The second-order valence-corrected chi connectivity index (χ2v) is 6.69. The molecular formula is C18H13F7N2O2. The first-order valence-corrected chi connectivity index (χ1v) is 8.47. The lowest BCUT2D eigenvalue weighted by Gasteiger charge is -2.34. The van der Waals surface area contributed by atoms with Crippen LogP contribution in [0.15, 0.2) is 46.8 Å². The van der Waals surface area contributed by atoms with Crippen LogP contribution in [-0.4, -0.2) is 36.7 Å². The molecule has 1 atom stereocenters. The molecule has 4 rings (SSSR count). The maximum atomic E-state index is 13.3. The number of alkyl halides is 7. The van der Waals surface area contributed by atoms with Gasteiger partial charge in [-0.15, -0.1) is 0 Å². The lowest BCUT2D eigenvalue weighted by atomic mass is 9.84. The Kier molecular flexibility index (Phi) is 4.50. The normalized spacial score (nSPS) is 23.5. The van der Waals surface area contributed by atoms with Gasteiger partial charge < -0.3 is 14.4 Å². The van der Waals surface area contributed by atoms with Crippen molar-refractivity contribution in [2.75, 3.05) is 13.2 Å². The van der Waals surface area contributed by atoms with Crippen molar-refractivity contribution in [2.24, 2.45) is 4.99 Å². The van der Waals surface area contributed by atoms with Gasteiger partial charge in [-0.05, 0) is 12.1 Å². The number of amidine groups is 1. The van der Waals surface area contributed by atoms with Crippen LogP contribution in [0.5, 0.6) is 5.75 Å². The quantitative estimate of drug-likeness (QED) is 0.650. The van der Waals surface area contributed by atoms with E-state index in [9.17, 15) is 30.7 Å². The Morgan fingerprint density at radius 2 is 1.93 bits per heavy atom. The molecule has 4 nitrogen and oxygen atoms in total. The van der Waals surface area contributed by atoms with Crippen molar-refractivity contribution in [1.29, 1.82) is 0 Å². The van der Waals surface area contributed by atoms with Crippen LogP contribution in [0, 0.1) is 0 Å². The fourth-order valence-corrected chi connectivity index (χ4v) is 3.70. The molecule has 3 aliphatic rings. The number of benzene rings is 1. The van der Waals surface area contributed by atoms with Crippen LogP contribution >= 0.6 is 0 Å². The molecule has 0 unspecified atom stereocenters. The predicted molar refractivity (Wildman–Crippen MR) is 86.6 cm³/mol. The Morgan fingerprint density at radius 3 is 2.59 bits per heavy atom. The predicted octanol–water partition coefficient (Wildman–Crippen LogP) is 4.90. The fraction of sp³-hybridized carbons (Fsp3) is 0.389. The molecule has 156 valence electrons. The number of fused-ring (bicyclic) bond motifs is 3. The smallest absolute Gasteiger partial charge is 0.417 e. The molecule has 0 fully saturated rings. The third-order valence-electron chi connectivity index (χ3n) is 4.91. The first-order valence-electron chi connectivity index (χ1n) is 8.47. The first-order chi connectivity index (χ1) is 13.6. The number of allylic oxidation sites excluding steroid dienone is 2. The van der Waals surface area contributed by atoms with Crippen molar-refractivity contribution in [3.05, 3.63) is 52.9 Å². The average molecular weight is 422 g/mol. The van der Waals surface area contributed by atoms with E-state index < -0.39 is 36.1 Å². The molecule has 1 spiro atoms. The lowest BCUT2D eigenvalue weighted by Crippen LogP contribution is -2.37. The molecule has 0 saturated heterocycles. The number of ether oxygens (including phenoxy) is 2. The maximum absolute atomic E-state index is 13.3. The summed E-state index contributed by atoms with van der Waals surface area (Å²) in [6.07, 6.45) is -6.25. The van der Waals surface area contributed by atoms with Gasteiger partial charge in [0, 0.05) is 18.2 Å². The maximum Gasteiger partial charge on any atom is 0.417 e. The van der Waals surface area contributed by atoms with Crippen LogP contribution in [-0.2, 0) is 10.3 Å². The first kappa shape index (κ1) is 19.6. The van der Waals surface area contributed by atoms with Crippen LogP contribution in [0.4, 0.5) is 30.7 Å². The van der Waals surface area contributed by atoms with Gasteiger partial charge in [-0.2, -0.15) is 22.0 Å². The monoisotopic (exact) mass is 422 g/mol. The van der Waals surface area contributed by atoms with Gasteiger partial charge in [0.2, 0.25) is 0 Å². The Labute approximate surface area is 159 Å². The highest BCUT2D eigenvalue weighted by Crippen LogP contribution is 2.48. The van der Waals surface area contributed by atoms with Gasteiger partial charge in [0.15, 0.2) is 11.6 Å². The van der Waals surface area contributed by atoms with Gasteiger partial charge in [0.1, 0.15) is 11.3 Å². The van der Waals surface area contributed by atoms with Gasteiger partial charge in [-0.1, -0.05) is 12.1 Å². The van der Waals surface area contributed by atoms with E-state index in [1.165, 1.54) is 18.2 Å². The van der Waals surface area contributed by atoms with E-state index in [1.807, 2.05) is 0 Å². The van der Waals surface area contributed by atoms with Gasteiger partial charge >= 0.3 is 12.8 Å². The SMILES string of the molecule is FC(F)OC1=CC(C(F)(F)F)=CN2C[C@@]3(CCOc4c(C(F)F)cccc43)N=C12. The molecule has 11 heteroatoms. The van der Waals surface area contributed by atoms with Crippen LogP contribution < -0.4 is 4.74 Å². The molecule has 29 heavy (non-hydrogen) atoms. The summed E-state index contributed by atoms with van der Waals surface area (Å²) in [6.45, 7) is -3.52. The van der Waals surface area contributed by atoms with E-state index in [1.54, 1.807) is 0 Å². The zero-order valence-corrected chi connectivity index (χ0v) is 14.5. The van der Waals surface area contributed by atoms with Gasteiger partial charge in [0.05, 0.1) is 24.3 Å². The molecular weight excluding hydrogens is 409 g/mol. The minimum absolute atomic E-state index is 0.00799. The number of rotatable bonds is 3. The summed E-state index contributed by atoms with van der Waals surface area (Å²) >= 11 is 0. The summed E-state index contributed by atoms with van der Waals surface area (Å²) in [5.74, 6) is -1.03. The summed E-state index contributed by atoms with van der Waals surface area (Å²) in [5, 5.41) is 0. The highest BCUT2D eigenvalue weighted by molar-refractivity contribution is 6.00. The molecule has 0 aromatic heterocycles. The number of hydrogen-bond donors (Lipinski definition) is 0. The fourth-order valence-electron chi connectivity index (χ4n) is 3.70. The summed E-state index contributed by atoms with van der Waals surface area (Å²) < 4.78 is 101. The van der Waals surface area contributed by atoms with Crippen molar-refractivity contribution < 1.29 is 40.2 Å². The highest BCUT2D eigenvalue weighted by atomic mass is 19.4. The molecule has 1 aromatic carbocycles. The van der Waals surface area contributed by atoms with Crippen LogP contribution in [0.3, 0.4) is 0 Å². The van der Waals surface area contributed by atoms with Crippen molar-refractivity contribution in [3.63, 3.8) is 0 Å². The topological polar surface area (TPSA) is 34.1 Å². The largest absolute Gasteiger partial charge is 0.493 e. The van der Waals surface area contributed by atoms with E-state index in [-0.39, 0.29) is 42.3 Å². The number of aliphatic imine (C=N–C) groups is 1. The Balaban J connectivity index is 1.82. The van der Waals surface area contributed by atoms with E-state index in [4.69, 9.17) is 4.74 Å². The molecule has 0 N–H and O–H groups in total. The lowest BCUT2D eigenvalue weighted by molar-refractivity contribution is -0.0981. The van der Waals surface area contributed by atoms with Crippen molar-refractivity contribution in [2.45, 2.75) is 31.2 Å². The van der Waals surface area contributed by atoms with Crippen LogP contribution in [0.25, 0.3) is 0 Å².